The summed E-state index contributed by atoms with van der Waals surface area (Å²) in [6, 6.07) is 7.29. The molecule has 2 rings (SSSR count). The van der Waals surface area contributed by atoms with Crippen molar-refractivity contribution in [3.8, 4) is 11.5 Å². The Morgan fingerprint density at radius 1 is 1.25 bits per heavy atom. The summed E-state index contributed by atoms with van der Waals surface area (Å²) in [6.45, 7) is 3.09. The third-order valence-electron chi connectivity index (χ3n) is 4.43. The maximum Gasteiger partial charge on any atom is 0.311 e. The number of carboxylic acid groups (broad SMARTS) is 1. The summed E-state index contributed by atoms with van der Waals surface area (Å²) in [6.07, 6.45) is 2.32. The highest BCUT2D eigenvalue weighted by molar-refractivity contribution is 5.79. The molecule has 132 valence electrons. The molecular formula is C18H25NO5. The second-order valence-corrected chi connectivity index (χ2v) is 6.41. The molecule has 6 nitrogen and oxygen atoms in total. The van der Waals surface area contributed by atoms with E-state index in [9.17, 15) is 14.7 Å². The number of ether oxygens (including phenoxy) is 2. The van der Waals surface area contributed by atoms with Crippen molar-refractivity contribution in [3.05, 3.63) is 24.3 Å². The minimum atomic E-state index is -0.831. The van der Waals surface area contributed by atoms with Crippen LogP contribution in [0.25, 0.3) is 0 Å². The number of aliphatic carboxylic acids is 1. The van der Waals surface area contributed by atoms with Gasteiger partial charge in [0.25, 0.3) is 0 Å². The first-order valence-corrected chi connectivity index (χ1v) is 8.23. The van der Waals surface area contributed by atoms with E-state index in [4.69, 9.17) is 9.47 Å². The van der Waals surface area contributed by atoms with Gasteiger partial charge >= 0.3 is 5.97 Å². The van der Waals surface area contributed by atoms with E-state index in [0.717, 1.165) is 17.9 Å². The molecule has 0 bridgehead atoms. The highest BCUT2D eigenvalue weighted by Gasteiger charge is 2.39. The van der Waals surface area contributed by atoms with Crippen LogP contribution < -0.4 is 9.47 Å². The summed E-state index contributed by atoms with van der Waals surface area (Å²) in [5, 5.41) is 9.31. The van der Waals surface area contributed by atoms with Crippen LogP contribution in [0.4, 0.5) is 0 Å². The predicted octanol–water partition coefficient (Wildman–Crippen LogP) is 2.57. The van der Waals surface area contributed by atoms with Gasteiger partial charge in [0.1, 0.15) is 11.5 Å². The topological polar surface area (TPSA) is 76.1 Å². The van der Waals surface area contributed by atoms with Crippen LogP contribution in [0.2, 0.25) is 0 Å². The summed E-state index contributed by atoms with van der Waals surface area (Å²) in [4.78, 5) is 25.3. The van der Waals surface area contributed by atoms with E-state index in [2.05, 4.69) is 0 Å². The average Bonchev–Trinajstić information content (AvgIpc) is 2.59. The van der Waals surface area contributed by atoms with Gasteiger partial charge in [0.2, 0.25) is 5.91 Å². The Labute approximate surface area is 142 Å². The first kappa shape index (κ1) is 18.1. The van der Waals surface area contributed by atoms with Crippen LogP contribution in [0.15, 0.2) is 24.3 Å². The lowest BCUT2D eigenvalue weighted by molar-refractivity contribution is -0.153. The maximum absolute atomic E-state index is 12.3. The predicted molar refractivity (Wildman–Crippen MR) is 89.3 cm³/mol. The molecule has 0 aliphatic carbocycles. The van der Waals surface area contributed by atoms with Crippen molar-refractivity contribution in [1.29, 1.82) is 0 Å². The average molecular weight is 335 g/mol. The lowest BCUT2D eigenvalue weighted by Crippen LogP contribution is -2.48. The van der Waals surface area contributed by atoms with Crippen LogP contribution >= 0.6 is 0 Å². The fraction of sp³-hybridized carbons (Fsp3) is 0.556. The van der Waals surface area contributed by atoms with Gasteiger partial charge in [-0.3, -0.25) is 9.59 Å². The summed E-state index contributed by atoms with van der Waals surface area (Å²) in [5.74, 6) is 0.673. The van der Waals surface area contributed by atoms with E-state index < -0.39 is 11.4 Å². The molecule has 0 saturated carbocycles. The highest BCUT2D eigenvalue weighted by Crippen LogP contribution is 2.30. The minimum absolute atomic E-state index is 0.000468. The van der Waals surface area contributed by atoms with Crippen molar-refractivity contribution in [3.63, 3.8) is 0 Å². The number of likely N-dealkylation sites (tertiary alicyclic amines) is 1. The standard InChI is InChI=1S/C18H25NO5/c1-18(17(21)22)10-4-11-19(13-18)16(20)5-3-12-24-15-8-6-14(23-2)7-9-15/h6-9H,3-5,10-13H2,1-2H3,(H,21,22). The number of piperidine rings is 1. The van der Waals surface area contributed by atoms with Crippen LogP contribution in [-0.2, 0) is 9.59 Å². The van der Waals surface area contributed by atoms with Crippen molar-refractivity contribution in [2.24, 2.45) is 5.41 Å². The maximum atomic E-state index is 12.3. The fourth-order valence-corrected chi connectivity index (χ4v) is 2.87. The van der Waals surface area contributed by atoms with Crippen molar-refractivity contribution >= 4 is 11.9 Å². The van der Waals surface area contributed by atoms with E-state index in [1.54, 1.807) is 18.9 Å². The Hall–Kier alpha value is -2.24. The zero-order chi connectivity index (χ0) is 17.6. The molecule has 1 heterocycles. The number of methoxy groups -OCH3 is 1. The molecule has 6 heteroatoms. The highest BCUT2D eigenvalue weighted by atomic mass is 16.5. The Morgan fingerprint density at radius 2 is 1.92 bits per heavy atom. The summed E-state index contributed by atoms with van der Waals surface area (Å²) in [5.41, 5.74) is -0.826. The van der Waals surface area contributed by atoms with E-state index in [1.165, 1.54) is 0 Å². The normalized spacial score (nSPS) is 20.5. The van der Waals surface area contributed by atoms with Gasteiger partial charge in [-0.25, -0.2) is 0 Å². The molecular weight excluding hydrogens is 310 g/mol. The van der Waals surface area contributed by atoms with E-state index >= 15 is 0 Å². The fourth-order valence-electron chi connectivity index (χ4n) is 2.87. The molecule has 1 amide bonds. The smallest absolute Gasteiger partial charge is 0.311 e. The van der Waals surface area contributed by atoms with Gasteiger partial charge in [-0.15, -0.1) is 0 Å². The van der Waals surface area contributed by atoms with E-state index in [0.29, 0.717) is 39.0 Å². The van der Waals surface area contributed by atoms with Crippen LogP contribution in [0.5, 0.6) is 11.5 Å². The number of rotatable bonds is 7. The zero-order valence-corrected chi connectivity index (χ0v) is 14.3. The Bertz CT molecular complexity index is 571. The molecule has 1 aromatic carbocycles. The molecule has 1 saturated heterocycles. The largest absolute Gasteiger partial charge is 0.497 e. The first-order chi connectivity index (χ1) is 11.4. The van der Waals surface area contributed by atoms with Crippen LogP contribution in [0.1, 0.15) is 32.6 Å². The van der Waals surface area contributed by atoms with Crippen LogP contribution in [0.3, 0.4) is 0 Å². The number of carboxylic acids is 1. The second kappa shape index (κ2) is 8.04. The molecule has 0 aromatic heterocycles. The van der Waals surface area contributed by atoms with Gasteiger partial charge in [-0.05, 0) is 50.5 Å². The van der Waals surface area contributed by atoms with Crippen molar-refractivity contribution in [2.45, 2.75) is 32.6 Å². The molecule has 0 radical (unpaired) electrons. The molecule has 1 fully saturated rings. The number of hydrogen-bond donors (Lipinski definition) is 1. The van der Waals surface area contributed by atoms with Crippen molar-refractivity contribution in [2.75, 3.05) is 26.8 Å². The minimum Gasteiger partial charge on any atom is -0.497 e. The quantitative estimate of drug-likeness (QED) is 0.775. The summed E-state index contributed by atoms with van der Waals surface area (Å²) in [7, 11) is 1.61. The molecule has 1 aliphatic heterocycles. The molecule has 1 N–H and O–H groups in total. The first-order valence-electron chi connectivity index (χ1n) is 8.23. The Balaban J connectivity index is 1.73. The Morgan fingerprint density at radius 3 is 2.54 bits per heavy atom. The number of nitrogens with zero attached hydrogens (tertiary/aromatic N) is 1. The Kier molecular flexibility index (Phi) is 6.06. The summed E-state index contributed by atoms with van der Waals surface area (Å²) < 4.78 is 10.7. The lowest BCUT2D eigenvalue weighted by atomic mass is 9.82. The van der Waals surface area contributed by atoms with Gasteiger partial charge < -0.3 is 19.5 Å². The third-order valence-corrected chi connectivity index (χ3v) is 4.43. The van der Waals surface area contributed by atoms with Gasteiger partial charge in [0.15, 0.2) is 0 Å². The third kappa shape index (κ3) is 4.63. The van der Waals surface area contributed by atoms with Gasteiger partial charge in [0.05, 0.1) is 19.1 Å². The zero-order valence-electron chi connectivity index (χ0n) is 14.3. The van der Waals surface area contributed by atoms with Crippen molar-refractivity contribution < 1.29 is 24.2 Å². The van der Waals surface area contributed by atoms with E-state index in [-0.39, 0.29) is 5.91 Å². The van der Waals surface area contributed by atoms with Crippen LogP contribution in [-0.4, -0.2) is 48.7 Å². The second-order valence-electron chi connectivity index (χ2n) is 6.41. The number of carbonyl (C=O) groups is 2. The van der Waals surface area contributed by atoms with Gasteiger partial charge in [0, 0.05) is 19.5 Å². The molecule has 0 spiro atoms. The SMILES string of the molecule is COc1ccc(OCCCC(=O)N2CCCC(C)(C(=O)O)C2)cc1. The number of benzene rings is 1. The lowest BCUT2D eigenvalue weighted by Gasteiger charge is -2.37. The monoisotopic (exact) mass is 335 g/mol. The van der Waals surface area contributed by atoms with Crippen LogP contribution in [0, 0.1) is 5.41 Å². The number of amides is 1. The van der Waals surface area contributed by atoms with E-state index in [1.807, 2.05) is 24.3 Å². The molecule has 24 heavy (non-hydrogen) atoms. The molecule has 1 atom stereocenters. The summed E-state index contributed by atoms with van der Waals surface area (Å²) >= 11 is 0. The van der Waals surface area contributed by atoms with Gasteiger partial charge in [-0.2, -0.15) is 0 Å². The molecule has 1 aromatic rings. The number of carbonyl (C=O) groups excluding carboxylic acids is 1. The van der Waals surface area contributed by atoms with Crippen molar-refractivity contribution in [1.82, 2.24) is 4.90 Å². The molecule has 1 unspecified atom stereocenters. The van der Waals surface area contributed by atoms with Gasteiger partial charge in [-0.1, -0.05) is 0 Å². The molecule has 1 aliphatic rings. The number of hydrogen-bond acceptors (Lipinski definition) is 4.